The summed E-state index contributed by atoms with van der Waals surface area (Å²) in [6.07, 6.45) is 0.752. The van der Waals surface area contributed by atoms with E-state index in [1.165, 1.54) is 12.1 Å². The van der Waals surface area contributed by atoms with Crippen LogP contribution in [-0.4, -0.2) is 31.7 Å². The smallest absolute Gasteiger partial charge is 0.387 e. The first-order valence-electron chi connectivity index (χ1n) is 6.21. The number of rotatable bonds is 5. The number of ether oxygens (including phenoxy) is 1. The largest absolute Gasteiger partial charge is 0.435 e. The summed E-state index contributed by atoms with van der Waals surface area (Å²) in [7, 11) is 0. The van der Waals surface area contributed by atoms with E-state index in [-0.39, 0.29) is 17.7 Å². The Morgan fingerprint density at radius 1 is 1.42 bits per heavy atom. The molecule has 1 amide bonds. The Labute approximate surface area is 110 Å². The Kier molecular flexibility index (Phi) is 4.31. The van der Waals surface area contributed by atoms with E-state index in [1.54, 1.807) is 17.0 Å². The lowest BCUT2D eigenvalue weighted by atomic mass is 10.2. The van der Waals surface area contributed by atoms with Crippen LogP contribution in [0.4, 0.5) is 14.5 Å². The molecule has 0 bridgehead atoms. The van der Waals surface area contributed by atoms with Crippen molar-refractivity contribution >= 4 is 11.6 Å². The zero-order valence-corrected chi connectivity index (χ0v) is 10.6. The molecule has 0 spiro atoms. The Morgan fingerprint density at radius 2 is 2.11 bits per heavy atom. The van der Waals surface area contributed by atoms with Crippen LogP contribution in [-0.2, 0) is 4.79 Å². The van der Waals surface area contributed by atoms with Gasteiger partial charge in [-0.2, -0.15) is 8.78 Å². The topological polar surface area (TPSA) is 41.6 Å². The van der Waals surface area contributed by atoms with Crippen molar-refractivity contribution in [1.82, 2.24) is 5.32 Å². The highest BCUT2D eigenvalue weighted by Gasteiger charge is 2.31. The van der Waals surface area contributed by atoms with Gasteiger partial charge in [0.25, 0.3) is 0 Å². The lowest BCUT2D eigenvalue weighted by Crippen LogP contribution is -2.38. The van der Waals surface area contributed by atoms with Crippen molar-refractivity contribution in [2.75, 3.05) is 18.0 Å². The molecular formula is C13H16F2N2O2. The molecule has 1 heterocycles. The van der Waals surface area contributed by atoms with Crippen LogP contribution in [0.5, 0.6) is 5.75 Å². The van der Waals surface area contributed by atoms with Gasteiger partial charge in [0.1, 0.15) is 5.75 Å². The highest BCUT2D eigenvalue weighted by molar-refractivity contribution is 5.99. The molecule has 104 valence electrons. The molecule has 1 N–H and O–H groups in total. The molecule has 1 unspecified atom stereocenters. The molecule has 0 aromatic heterocycles. The second-order valence-corrected chi connectivity index (χ2v) is 4.26. The maximum absolute atomic E-state index is 12.1. The standard InChI is InChI=1S/C13H16F2N2O2/c1-2-16-11-7-8-17(12(11)18)9-3-5-10(6-4-9)19-13(14)15/h3-6,11,13,16H,2,7-8H2,1H3. The van der Waals surface area contributed by atoms with Crippen molar-refractivity contribution in [1.29, 1.82) is 0 Å². The van der Waals surface area contributed by atoms with Gasteiger partial charge in [0.15, 0.2) is 0 Å². The summed E-state index contributed by atoms with van der Waals surface area (Å²) in [5.41, 5.74) is 0.701. The Balaban J connectivity index is 2.04. The summed E-state index contributed by atoms with van der Waals surface area (Å²) in [6, 6.07) is 5.96. The fourth-order valence-electron chi connectivity index (χ4n) is 2.18. The Morgan fingerprint density at radius 3 is 2.68 bits per heavy atom. The summed E-state index contributed by atoms with van der Waals surface area (Å²) in [5, 5.41) is 3.12. The van der Waals surface area contributed by atoms with E-state index in [9.17, 15) is 13.6 Å². The van der Waals surface area contributed by atoms with Gasteiger partial charge in [-0.05, 0) is 37.2 Å². The molecule has 4 nitrogen and oxygen atoms in total. The number of likely N-dealkylation sites (N-methyl/N-ethyl adjacent to an activating group) is 1. The third-order valence-corrected chi connectivity index (χ3v) is 3.03. The summed E-state index contributed by atoms with van der Waals surface area (Å²) < 4.78 is 28.3. The number of anilines is 1. The van der Waals surface area contributed by atoms with Crippen LogP contribution in [0.25, 0.3) is 0 Å². The third kappa shape index (κ3) is 3.20. The molecule has 0 radical (unpaired) electrons. The molecule has 1 aromatic rings. The second kappa shape index (κ2) is 5.97. The van der Waals surface area contributed by atoms with E-state index < -0.39 is 6.61 Å². The van der Waals surface area contributed by atoms with E-state index >= 15 is 0 Å². The summed E-state index contributed by atoms with van der Waals surface area (Å²) in [6.45, 7) is 0.487. The van der Waals surface area contributed by atoms with Gasteiger partial charge in [0, 0.05) is 12.2 Å². The van der Waals surface area contributed by atoms with Gasteiger partial charge in [-0.25, -0.2) is 0 Å². The number of nitrogens with one attached hydrogen (secondary N) is 1. The van der Waals surface area contributed by atoms with E-state index in [4.69, 9.17) is 0 Å². The maximum atomic E-state index is 12.1. The average Bonchev–Trinajstić information content (AvgIpc) is 2.72. The Hall–Kier alpha value is -1.69. The fourth-order valence-corrected chi connectivity index (χ4v) is 2.18. The summed E-state index contributed by atoms with van der Waals surface area (Å²) in [5.74, 6) is 0.109. The lowest BCUT2D eigenvalue weighted by molar-refractivity contribution is -0.118. The zero-order valence-electron chi connectivity index (χ0n) is 10.6. The van der Waals surface area contributed by atoms with Gasteiger partial charge in [-0.15, -0.1) is 0 Å². The SMILES string of the molecule is CCNC1CCN(c2ccc(OC(F)F)cc2)C1=O. The molecule has 0 saturated carbocycles. The molecule has 1 aliphatic heterocycles. The number of nitrogens with zero attached hydrogens (tertiary/aromatic N) is 1. The number of benzene rings is 1. The van der Waals surface area contributed by atoms with Crippen molar-refractivity contribution in [2.45, 2.75) is 26.0 Å². The van der Waals surface area contributed by atoms with Gasteiger partial charge in [-0.1, -0.05) is 6.92 Å². The van der Waals surface area contributed by atoms with E-state index in [1.807, 2.05) is 6.92 Å². The van der Waals surface area contributed by atoms with Crippen molar-refractivity contribution in [3.8, 4) is 5.75 Å². The van der Waals surface area contributed by atoms with Gasteiger partial charge in [-0.3, -0.25) is 4.79 Å². The van der Waals surface area contributed by atoms with Gasteiger partial charge in [0.05, 0.1) is 6.04 Å². The van der Waals surface area contributed by atoms with E-state index in [0.717, 1.165) is 13.0 Å². The van der Waals surface area contributed by atoms with E-state index in [0.29, 0.717) is 12.2 Å². The molecule has 1 saturated heterocycles. The monoisotopic (exact) mass is 270 g/mol. The molecule has 1 fully saturated rings. The summed E-state index contributed by atoms with van der Waals surface area (Å²) in [4.78, 5) is 13.7. The number of hydrogen-bond donors (Lipinski definition) is 1. The molecule has 19 heavy (non-hydrogen) atoms. The molecular weight excluding hydrogens is 254 g/mol. The maximum Gasteiger partial charge on any atom is 0.387 e. The van der Waals surface area contributed by atoms with Gasteiger partial charge < -0.3 is 15.0 Å². The number of carbonyl (C=O) groups excluding carboxylic acids is 1. The van der Waals surface area contributed by atoms with E-state index in [2.05, 4.69) is 10.1 Å². The Bertz CT molecular complexity index is 437. The highest BCUT2D eigenvalue weighted by Crippen LogP contribution is 2.24. The number of alkyl halides is 2. The predicted molar refractivity (Wildman–Crippen MR) is 67.5 cm³/mol. The van der Waals surface area contributed by atoms with Crippen molar-refractivity contribution in [3.63, 3.8) is 0 Å². The first-order chi connectivity index (χ1) is 9.11. The first-order valence-corrected chi connectivity index (χ1v) is 6.21. The minimum Gasteiger partial charge on any atom is -0.435 e. The van der Waals surface area contributed by atoms with Crippen LogP contribution in [0.3, 0.4) is 0 Å². The van der Waals surface area contributed by atoms with Crippen LogP contribution >= 0.6 is 0 Å². The molecule has 2 rings (SSSR count). The minimum absolute atomic E-state index is 0.0179. The normalized spacial score (nSPS) is 19.3. The van der Waals surface area contributed by atoms with Crippen molar-refractivity contribution < 1.29 is 18.3 Å². The predicted octanol–water partition coefficient (Wildman–Crippen LogP) is 2.00. The number of halogens is 2. The quantitative estimate of drug-likeness (QED) is 0.889. The molecule has 1 atom stereocenters. The minimum atomic E-state index is -2.84. The highest BCUT2D eigenvalue weighted by atomic mass is 19.3. The first kappa shape index (κ1) is 13.7. The zero-order chi connectivity index (χ0) is 13.8. The average molecular weight is 270 g/mol. The summed E-state index contributed by atoms with van der Waals surface area (Å²) >= 11 is 0. The fraction of sp³-hybridized carbons (Fsp3) is 0.462. The molecule has 1 aliphatic rings. The molecule has 6 heteroatoms. The van der Waals surface area contributed by atoms with Crippen LogP contribution in [0.1, 0.15) is 13.3 Å². The van der Waals surface area contributed by atoms with Crippen molar-refractivity contribution in [2.24, 2.45) is 0 Å². The number of carbonyl (C=O) groups is 1. The number of amides is 1. The molecule has 0 aliphatic carbocycles. The second-order valence-electron chi connectivity index (χ2n) is 4.26. The van der Waals surface area contributed by atoms with Crippen LogP contribution in [0, 0.1) is 0 Å². The number of hydrogen-bond acceptors (Lipinski definition) is 3. The molecule has 1 aromatic carbocycles. The van der Waals surface area contributed by atoms with Crippen LogP contribution < -0.4 is 15.0 Å². The van der Waals surface area contributed by atoms with Gasteiger partial charge >= 0.3 is 6.61 Å². The van der Waals surface area contributed by atoms with Crippen LogP contribution in [0.15, 0.2) is 24.3 Å². The van der Waals surface area contributed by atoms with Crippen LogP contribution in [0.2, 0.25) is 0 Å². The van der Waals surface area contributed by atoms with Crippen molar-refractivity contribution in [3.05, 3.63) is 24.3 Å². The lowest BCUT2D eigenvalue weighted by Gasteiger charge is -2.17. The third-order valence-electron chi connectivity index (χ3n) is 3.03. The van der Waals surface area contributed by atoms with Gasteiger partial charge in [0.2, 0.25) is 5.91 Å².